The van der Waals surface area contributed by atoms with Crippen LogP contribution >= 0.6 is 11.6 Å². The lowest BCUT2D eigenvalue weighted by molar-refractivity contribution is -0.116. The SMILES string of the molecule is O=C1C[C@H](c2ccco2)CC2=C1[C@H](c1ccc(Cl)cc1)N(C(=O)c1ccccc1)c1ccccc1N2. The Bertz CT molecular complexity index is 1460. The minimum Gasteiger partial charge on any atom is -0.469 e. The Labute approximate surface area is 214 Å². The number of benzene rings is 3. The predicted molar refractivity (Wildman–Crippen MR) is 140 cm³/mol. The van der Waals surface area contributed by atoms with Crippen molar-refractivity contribution in [3.05, 3.63) is 130 Å². The van der Waals surface area contributed by atoms with Gasteiger partial charge in [0, 0.05) is 34.2 Å². The van der Waals surface area contributed by atoms with Crippen molar-refractivity contribution in [1.82, 2.24) is 0 Å². The number of para-hydroxylation sites is 2. The molecular weight excluding hydrogens is 472 g/mol. The number of allylic oxidation sites excluding steroid dienone is 1. The highest BCUT2D eigenvalue weighted by atomic mass is 35.5. The van der Waals surface area contributed by atoms with Crippen LogP contribution in [0, 0.1) is 0 Å². The highest BCUT2D eigenvalue weighted by Crippen LogP contribution is 2.47. The standard InChI is InChI=1S/C30H23ClN2O3/c31-22-14-12-19(13-15-22)29-28-24(17-21(18-26(28)34)27-11-6-16-36-27)32-23-9-4-5-10-25(23)33(29)30(35)20-7-2-1-3-8-20/h1-16,21,29,32H,17-18H2/t21-,29+/m1/s1. The molecule has 6 rings (SSSR count). The summed E-state index contributed by atoms with van der Waals surface area (Å²) in [5, 5.41) is 4.12. The average Bonchev–Trinajstić information content (AvgIpc) is 3.40. The van der Waals surface area contributed by atoms with Gasteiger partial charge in [-0.15, -0.1) is 0 Å². The highest BCUT2D eigenvalue weighted by Gasteiger charge is 2.42. The average molecular weight is 495 g/mol. The summed E-state index contributed by atoms with van der Waals surface area (Å²) in [6.45, 7) is 0. The highest BCUT2D eigenvalue weighted by molar-refractivity contribution is 6.30. The molecule has 1 amide bonds. The first-order chi connectivity index (χ1) is 17.6. The molecule has 0 saturated carbocycles. The summed E-state index contributed by atoms with van der Waals surface area (Å²) in [6, 6.07) is 27.4. The lowest BCUT2D eigenvalue weighted by Gasteiger charge is -2.35. The van der Waals surface area contributed by atoms with Crippen molar-refractivity contribution in [1.29, 1.82) is 0 Å². The van der Waals surface area contributed by atoms with Crippen LogP contribution in [-0.2, 0) is 4.79 Å². The van der Waals surface area contributed by atoms with Crippen LogP contribution in [0.3, 0.4) is 0 Å². The van der Waals surface area contributed by atoms with Gasteiger partial charge in [0.1, 0.15) is 5.76 Å². The molecule has 0 unspecified atom stereocenters. The lowest BCUT2D eigenvalue weighted by atomic mass is 9.80. The Morgan fingerprint density at radius 3 is 2.39 bits per heavy atom. The topological polar surface area (TPSA) is 62.6 Å². The van der Waals surface area contributed by atoms with Gasteiger partial charge in [0.2, 0.25) is 0 Å². The second-order valence-corrected chi connectivity index (χ2v) is 9.51. The van der Waals surface area contributed by atoms with Crippen molar-refractivity contribution < 1.29 is 14.0 Å². The van der Waals surface area contributed by atoms with Crippen LogP contribution in [0.5, 0.6) is 0 Å². The molecule has 2 atom stereocenters. The Kier molecular flexibility index (Phi) is 5.70. The number of furan rings is 1. The zero-order chi connectivity index (χ0) is 24.6. The van der Waals surface area contributed by atoms with Crippen molar-refractivity contribution in [3.63, 3.8) is 0 Å². The molecule has 4 aromatic rings. The number of nitrogens with zero attached hydrogens (tertiary/aromatic N) is 1. The third-order valence-corrected chi connectivity index (χ3v) is 7.11. The second-order valence-electron chi connectivity index (χ2n) is 9.07. The van der Waals surface area contributed by atoms with E-state index in [2.05, 4.69) is 5.32 Å². The third kappa shape index (κ3) is 3.91. The van der Waals surface area contributed by atoms with Gasteiger partial charge in [0.25, 0.3) is 5.91 Å². The Morgan fingerprint density at radius 2 is 1.64 bits per heavy atom. The number of ketones is 1. The molecule has 2 aliphatic rings. The number of carbonyl (C=O) groups excluding carboxylic acids is 2. The van der Waals surface area contributed by atoms with Crippen LogP contribution < -0.4 is 10.2 Å². The second kappa shape index (κ2) is 9.17. The molecule has 5 nitrogen and oxygen atoms in total. The fraction of sp³-hybridized carbons (Fsp3) is 0.133. The third-order valence-electron chi connectivity index (χ3n) is 6.86. The zero-order valence-electron chi connectivity index (χ0n) is 19.4. The molecule has 0 spiro atoms. The molecule has 0 bridgehead atoms. The Morgan fingerprint density at radius 1 is 0.889 bits per heavy atom. The van der Waals surface area contributed by atoms with Gasteiger partial charge < -0.3 is 9.73 Å². The number of hydrogen-bond acceptors (Lipinski definition) is 4. The van der Waals surface area contributed by atoms with Crippen LogP contribution in [0.1, 0.15) is 46.5 Å². The zero-order valence-corrected chi connectivity index (χ0v) is 20.1. The molecule has 1 N–H and O–H groups in total. The number of nitrogens with one attached hydrogen (secondary N) is 1. The van der Waals surface area contributed by atoms with Gasteiger partial charge in [-0.25, -0.2) is 0 Å². The number of carbonyl (C=O) groups is 2. The Balaban J connectivity index is 1.58. The quantitative estimate of drug-likeness (QED) is 0.328. The van der Waals surface area contributed by atoms with Gasteiger partial charge in [-0.3, -0.25) is 14.5 Å². The smallest absolute Gasteiger partial charge is 0.259 e. The van der Waals surface area contributed by atoms with E-state index in [1.807, 2.05) is 66.7 Å². The summed E-state index contributed by atoms with van der Waals surface area (Å²) in [5.41, 5.74) is 4.26. The van der Waals surface area contributed by atoms with Gasteiger partial charge in [-0.05, 0) is 60.5 Å². The maximum atomic E-state index is 14.1. The van der Waals surface area contributed by atoms with Crippen LogP contribution in [-0.4, -0.2) is 11.7 Å². The van der Waals surface area contributed by atoms with Crippen molar-refractivity contribution in [3.8, 4) is 0 Å². The van der Waals surface area contributed by atoms with Crippen LogP contribution in [0.25, 0.3) is 0 Å². The van der Waals surface area contributed by atoms with E-state index >= 15 is 0 Å². The van der Waals surface area contributed by atoms with Crippen molar-refractivity contribution in [2.45, 2.75) is 24.8 Å². The number of amides is 1. The van der Waals surface area contributed by atoms with Crippen molar-refractivity contribution in [2.24, 2.45) is 0 Å². The number of Topliss-reactive ketones (excluding diaryl/α,β-unsaturated/α-hetero) is 1. The molecule has 36 heavy (non-hydrogen) atoms. The van der Waals surface area contributed by atoms with E-state index < -0.39 is 6.04 Å². The molecule has 0 saturated heterocycles. The summed E-state index contributed by atoms with van der Waals surface area (Å²) < 4.78 is 5.66. The van der Waals surface area contributed by atoms with Crippen LogP contribution in [0.15, 0.2) is 113 Å². The van der Waals surface area contributed by atoms with Crippen molar-refractivity contribution in [2.75, 3.05) is 10.2 Å². The van der Waals surface area contributed by atoms with Gasteiger partial charge in [0.05, 0.1) is 23.7 Å². The molecule has 1 aliphatic carbocycles. The number of anilines is 2. The maximum Gasteiger partial charge on any atom is 0.259 e. The van der Waals surface area contributed by atoms with E-state index in [9.17, 15) is 9.59 Å². The fourth-order valence-corrected chi connectivity index (χ4v) is 5.34. The van der Waals surface area contributed by atoms with E-state index in [0.29, 0.717) is 34.7 Å². The molecule has 178 valence electrons. The molecule has 6 heteroatoms. The van der Waals surface area contributed by atoms with E-state index in [4.69, 9.17) is 16.0 Å². The molecule has 1 aromatic heterocycles. The first kappa shape index (κ1) is 22.4. The number of fused-ring (bicyclic) bond motifs is 1. The summed E-state index contributed by atoms with van der Waals surface area (Å²) >= 11 is 6.22. The molecule has 1 aliphatic heterocycles. The largest absolute Gasteiger partial charge is 0.469 e. The maximum absolute atomic E-state index is 14.1. The van der Waals surface area contributed by atoms with Gasteiger partial charge in [-0.2, -0.15) is 0 Å². The molecule has 2 heterocycles. The number of halogens is 1. The normalized spacial score (nSPS) is 19.2. The Hall–Kier alpha value is -4.09. The molecular formula is C30H23ClN2O3. The van der Waals surface area contributed by atoms with Crippen LogP contribution in [0.4, 0.5) is 11.4 Å². The first-order valence-electron chi connectivity index (χ1n) is 11.9. The van der Waals surface area contributed by atoms with E-state index in [1.54, 1.807) is 35.4 Å². The minimum absolute atomic E-state index is 0.0104. The van der Waals surface area contributed by atoms with Gasteiger partial charge in [0.15, 0.2) is 5.78 Å². The summed E-state index contributed by atoms with van der Waals surface area (Å²) in [4.78, 5) is 29.8. The van der Waals surface area contributed by atoms with E-state index in [1.165, 1.54) is 0 Å². The summed E-state index contributed by atoms with van der Waals surface area (Å²) in [6.07, 6.45) is 2.54. The fourth-order valence-electron chi connectivity index (χ4n) is 5.22. The monoisotopic (exact) mass is 494 g/mol. The van der Waals surface area contributed by atoms with Gasteiger partial charge >= 0.3 is 0 Å². The molecule has 3 aromatic carbocycles. The van der Waals surface area contributed by atoms with E-state index in [-0.39, 0.29) is 17.6 Å². The molecule has 0 fully saturated rings. The number of hydrogen-bond donors (Lipinski definition) is 1. The van der Waals surface area contributed by atoms with Crippen LogP contribution in [0.2, 0.25) is 5.02 Å². The number of rotatable bonds is 3. The summed E-state index contributed by atoms with van der Waals surface area (Å²) in [5.74, 6) is 0.519. The van der Waals surface area contributed by atoms with E-state index in [0.717, 1.165) is 22.7 Å². The predicted octanol–water partition coefficient (Wildman–Crippen LogP) is 7.15. The first-order valence-corrected chi connectivity index (χ1v) is 12.3. The molecule has 0 radical (unpaired) electrons. The lowest BCUT2D eigenvalue weighted by Crippen LogP contribution is -2.38. The summed E-state index contributed by atoms with van der Waals surface area (Å²) in [7, 11) is 0. The van der Waals surface area contributed by atoms with Crippen molar-refractivity contribution >= 4 is 34.7 Å². The minimum atomic E-state index is -0.619. The van der Waals surface area contributed by atoms with Gasteiger partial charge in [-0.1, -0.05) is 54.1 Å².